The predicted molar refractivity (Wildman–Crippen MR) is 311 cm³/mol. The molecule has 0 aromatic heterocycles. The Labute approximate surface area is 459 Å². The van der Waals surface area contributed by atoms with E-state index in [0.29, 0.717) is 16.1 Å². The molecule has 0 spiro atoms. The molecule has 0 radical (unpaired) electrons. The van der Waals surface area contributed by atoms with Crippen LogP contribution in [0.4, 0.5) is 11.4 Å². The number of benzene rings is 6. The number of nitrogens with two attached hydrogens (primary N) is 3. The monoisotopic (exact) mass is 1190 g/mol. The summed E-state index contributed by atoms with van der Waals surface area (Å²) in [6, 6.07) is 43.6. The Morgan fingerprint density at radius 1 is 0.453 bits per heavy atom. The first-order chi connectivity index (χ1) is 34.0. The Hall–Kier alpha value is -4.69. The minimum atomic E-state index is -3.76. The third-order valence-electron chi connectivity index (χ3n) is 8.15. The number of hydrogen-bond acceptors (Lipinski definition) is 13. The molecule has 0 fully saturated rings. The van der Waals surface area contributed by atoms with Crippen LogP contribution in [0.15, 0.2) is 182 Å². The second-order valence-electron chi connectivity index (χ2n) is 20.6. The second kappa shape index (κ2) is 29.2. The van der Waals surface area contributed by atoms with Crippen molar-refractivity contribution in [1.82, 2.24) is 14.2 Å². The Balaban J connectivity index is 0.000000473. The van der Waals surface area contributed by atoms with E-state index in [-0.39, 0.29) is 25.7 Å². The number of rotatable bonds is 9. The number of nitrogen functional groups attached to an aromatic ring is 2. The summed E-state index contributed by atoms with van der Waals surface area (Å²) in [6.45, 7) is 21.9. The van der Waals surface area contributed by atoms with Gasteiger partial charge in [-0.05, 0) is 161 Å². The Bertz CT molecular complexity index is 3110. The lowest BCUT2D eigenvalue weighted by molar-refractivity contribution is 0.424. The highest BCUT2D eigenvalue weighted by Gasteiger charge is 2.28. The lowest BCUT2D eigenvalue weighted by Crippen LogP contribution is -2.44. The van der Waals surface area contributed by atoms with Crippen LogP contribution >= 0.6 is 26.6 Å². The standard InChI is InChI=1S/C16H20N2O2S.C10H16BNO4S.C10H15NO2S.C6H6BrN.C6H5ClO2S.C4H11N/c1-16(2,3)18-21(19,20)15-7-5-4-6-14(15)12-8-10-13(17)11-9-12;1-10(2,3)12-17(15,16)9-7-5-4-6-8(9)11(13)14;1-10(2,3)11-14(12,13)9-7-5-4-6-8-9;7-5-1-3-6(8)4-2-5;7-10(8,9)6-4-2-1-3-5-6;1-4(2,3)5/h4-11,18H,17H2,1-3H3;4-7,12-14H,1-3H3;4-8,11H,1-3H3;1-4H,8H2;1-5H;5H2,1-3H3. The second-order valence-corrected chi connectivity index (χ2v) is 29.0. The van der Waals surface area contributed by atoms with Gasteiger partial charge in [-0.1, -0.05) is 101 Å². The molecule has 6 rings (SSSR count). The topological polar surface area (TPSA) is 291 Å². The smallest absolute Gasteiger partial charge is 0.423 e. The SMILES string of the molecule is CC(C)(C)N.CC(C)(C)NS(=O)(=O)c1ccccc1.CC(C)(C)NS(=O)(=O)c1ccccc1-c1ccc(N)cc1.CC(C)(C)NS(=O)(=O)c1ccccc1B(O)O.Nc1ccc(Br)cc1.O=S(=O)(Cl)c1ccccc1. The van der Waals surface area contributed by atoms with E-state index in [1.54, 1.807) is 106 Å². The van der Waals surface area contributed by atoms with Gasteiger partial charge in [0, 0.05) is 59.7 Å². The van der Waals surface area contributed by atoms with Gasteiger partial charge in [-0.25, -0.2) is 47.8 Å². The van der Waals surface area contributed by atoms with Gasteiger partial charge in [0.25, 0.3) is 9.05 Å². The molecule has 0 unspecified atom stereocenters. The maximum absolute atomic E-state index is 12.6. The summed E-state index contributed by atoms with van der Waals surface area (Å²) < 4.78 is 103. The molecule has 6 aromatic carbocycles. The van der Waals surface area contributed by atoms with E-state index >= 15 is 0 Å². The normalized spacial score (nSPS) is 12.0. The lowest BCUT2D eigenvalue weighted by Gasteiger charge is -2.21. The molecular formula is C52H73BBrClN6O10S4. The first-order valence-corrected chi connectivity index (χ1v) is 30.4. The molecule has 75 heavy (non-hydrogen) atoms. The number of sulfonamides is 3. The minimum absolute atomic E-state index is 0. The van der Waals surface area contributed by atoms with E-state index in [4.69, 9.17) is 37.9 Å². The van der Waals surface area contributed by atoms with Gasteiger partial charge in [-0.15, -0.1) is 0 Å². The van der Waals surface area contributed by atoms with Gasteiger partial charge in [0.05, 0.1) is 19.6 Å². The summed E-state index contributed by atoms with van der Waals surface area (Å²) in [5, 5.41) is 18.3. The summed E-state index contributed by atoms with van der Waals surface area (Å²) in [6.07, 6.45) is 0. The fraction of sp³-hybridized carbons (Fsp3) is 0.308. The third kappa shape index (κ3) is 29.4. The molecule has 0 atom stereocenters. The van der Waals surface area contributed by atoms with Crippen LogP contribution in [0.3, 0.4) is 0 Å². The van der Waals surface area contributed by atoms with Gasteiger partial charge in [0.15, 0.2) is 0 Å². The van der Waals surface area contributed by atoms with Crippen LogP contribution in [-0.2, 0) is 39.1 Å². The molecule has 0 aliphatic rings. The first-order valence-electron chi connectivity index (χ1n) is 22.9. The summed E-state index contributed by atoms with van der Waals surface area (Å²) >= 11 is 3.29. The van der Waals surface area contributed by atoms with Crippen LogP contribution in [0.5, 0.6) is 0 Å². The van der Waals surface area contributed by atoms with Gasteiger partial charge in [-0.2, -0.15) is 0 Å². The molecule has 6 aromatic rings. The fourth-order valence-electron chi connectivity index (χ4n) is 5.56. The van der Waals surface area contributed by atoms with Crippen LogP contribution in [0.25, 0.3) is 11.1 Å². The summed E-state index contributed by atoms with van der Waals surface area (Å²) in [5.41, 5.74) is 17.7. The van der Waals surface area contributed by atoms with Crippen molar-refractivity contribution in [1.29, 1.82) is 0 Å². The molecule has 11 N–H and O–H groups in total. The fourth-order valence-corrected chi connectivity index (χ4v) is 11.4. The lowest BCUT2D eigenvalue weighted by atomic mass is 9.80. The van der Waals surface area contributed by atoms with Crippen molar-refractivity contribution >= 4 is 89.7 Å². The number of halogens is 2. The van der Waals surface area contributed by atoms with E-state index in [9.17, 15) is 33.7 Å². The van der Waals surface area contributed by atoms with Crippen molar-refractivity contribution in [3.63, 3.8) is 0 Å². The number of hydrogen-bond donors (Lipinski definition) is 8. The Morgan fingerprint density at radius 2 is 0.773 bits per heavy atom. The molecule has 0 saturated heterocycles. The molecule has 23 heteroatoms. The van der Waals surface area contributed by atoms with Crippen molar-refractivity contribution in [3.8, 4) is 11.1 Å². The molecule has 0 heterocycles. The number of anilines is 2. The minimum Gasteiger partial charge on any atom is -0.423 e. The Kier molecular flexibility index (Phi) is 26.6. The molecular weight excluding hydrogens is 1120 g/mol. The van der Waals surface area contributed by atoms with Gasteiger partial charge in [-0.3, -0.25) is 0 Å². The van der Waals surface area contributed by atoms with Gasteiger partial charge in [0.2, 0.25) is 30.1 Å². The van der Waals surface area contributed by atoms with Gasteiger partial charge in [0.1, 0.15) is 0 Å². The van der Waals surface area contributed by atoms with E-state index in [0.717, 1.165) is 15.7 Å². The molecule has 0 bridgehead atoms. The van der Waals surface area contributed by atoms with Crippen molar-refractivity contribution in [2.75, 3.05) is 11.5 Å². The predicted octanol–water partition coefficient (Wildman–Crippen LogP) is 8.61. The number of nitrogens with one attached hydrogen (secondary N) is 3. The van der Waals surface area contributed by atoms with Gasteiger partial charge < -0.3 is 27.2 Å². The highest BCUT2D eigenvalue weighted by Crippen LogP contribution is 2.28. The summed E-state index contributed by atoms with van der Waals surface area (Å²) in [7, 11) is -11.0. The maximum atomic E-state index is 12.6. The molecule has 412 valence electrons. The zero-order valence-corrected chi connectivity index (χ0v) is 50.0. The maximum Gasteiger partial charge on any atom is 0.489 e. The van der Waals surface area contributed by atoms with E-state index in [1.807, 2.05) is 105 Å². The van der Waals surface area contributed by atoms with Gasteiger partial charge >= 0.3 is 7.12 Å². The summed E-state index contributed by atoms with van der Waals surface area (Å²) in [4.78, 5) is 0.584. The average Bonchev–Trinajstić information content (AvgIpc) is 3.26. The zero-order valence-electron chi connectivity index (χ0n) is 44.4. The van der Waals surface area contributed by atoms with Crippen molar-refractivity contribution in [2.24, 2.45) is 5.73 Å². The van der Waals surface area contributed by atoms with Crippen molar-refractivity contribution < 1.29 is 43.7 Å². The summed E-state index contributed by atoms with van der Waals surface area (Å²) in [5.74, 6) is 0. The van der Waals surface area contributed by atoms with E-state index in [1.165, 1.54) is 30.3 Å². The van der Waals surface area contributed by atoms with Crippen molar-refractivity contribution in [2.45, 2.75) is 125 Å². The third-order valence-corrected chi connectivity index (χ3v) is 15.5. The molecule has 16 nitrogen and oxygen atoms in total. The highest BCUT2D eigenvalue weighted by molar-refractivity contribution is 9.10. The molecule has 0 saturated carbocycles. The van der Waals surface area contributed by atoms with Crippen molar-refractivity contribution in [3.05, 3.63) is 162 Å². The van der Waals surface area contributed by atoms with E-state index in [2.05, 4.69) is 30.1 Å². The Morgan fingerprint density at radius 3 is 1.13 bits per heavy atom. The van der Waals surface area contributed by atoms with Crippen LogP contribution in [0.1, 0.15) is 83.1 Å². The van der Waals surface area contributed by atoms with Crippen LogP contribution in [0, 0.1) is 0 Å². The highest BCUT2D eigenvalue weighted by atomic mass is 79.9. The molecule has 0 aliphatic carbocycles. The average molecular weight is 1200 g/mol. The first kappa shape index (κ1) is 68.3. The van der Waals surface area contributed by atoms with E-state index < -0.39 is 62.9 Å². The molecule has 0 amide bonds. The van der Waals surface area contributed by atoms with Crippen LogP contribution in [-0.4, -0.2) is 73.0 Å². The zero-order chi connectivity index (χ0) is 57.9. The quantitative estimate of drug-likeness (QED) is 0.0383. The van der Waals surface area contributed by atoms with Crippen LogP contribution < -0.4 is 36.8 Å². The molecule has 0 aliphatic heterocycles. The largest absolute Gasteiger partial charge is 0.489 e. The van der Waals surface area contributed by atoms with Crippen LogP contribution in [0.2, 0.25) is 0 Å².